The first-order valence-electron chi connectivity index (χ1n) is 10.8. The smallest absolute Gasteiger partial charge is 0.341 e. The van der Waals surface area contributed by atoms with E-state index in [1.165, 1.54) is 30.2 Å². The maximum Gasteiger partial charge on any atom is 0.341 e. The summed E-state index contributed by atoms with van der Waals surface area (Å²) in [6.45, 7) is 2.13. The highest BCUT2D eigenvalue weighted by molar-refractivity contribution is 7.99. The third-order valence-corrected chi connectivity index (χ3v) is 7.52. The number of esters is 1. The molecule has 0 saturated heterocycles. The predicted molar refractivity (Wildman–Crippen MR) is 142 cm³/mol. The molecule has 0 spiro atoms. The molecule has 0 atom stereocenters. The number of rotatable bonds is 9. The summed E-state index contributed by atoms with van der Waals surface area (Å²) < 4.78 is 12.5. The maximum atomic E-state index is 12.8. The van der Waals surface area contributed by atoms with Crippen molar-refractivity contribution in [1.82, 2.24) is 14.8 Å². The van der Waals surface area contributed by atoms with E-state index in [0.717, 1.165) is 16.0 Å². The molecular formula is C25H23ClN4O4S2. The van der Waals surface area contributed by atoms with Crippen molar-refractivity contribution in [2.45, 2.75) is 18.7 Å². The van der Waals surface area contributed by atoms with Crippen LogP contribution in [0.25, 0.3) is 11.1 Å². The maximum absolute atomic E-state index is 12.8. The molecule has 36 heavy (non-hydrogen) atoms. The van der Waals surface area contributed by atoms with E-state index in [2.05, 4.69) is 15.5 Å². The van der Waals surface area contributed by atoms with Gasteiger partial charge >= 0.3 is 5.97 Å². The number of halogens is 1. The number of ether oxygens (including phenoxy) is 2. The molecule has 11 heteroatoms. The number of hydrogen-bond acceptors (Lipinski definition) is 8. The highest BCUT2D eigenvalue weighted by Crippen LogP contribution is 2.40. The average Bonchev–Trinajstić information content (AvgIpc) is 3.40. The molecule has 0 radical (unpaired) electrons. The van der Waals surface area contributed by atoms with Gasteiger partial charge in [-0.2, -0.15) is 0 Å². The van der Waals surface area contributed by atoms with Crippen molar-refractivity contribution in [2.24, 2.45) is 7.05 Å². The van der Waals surface area contributed by atoms with Gasteiger partial charge in [0.2, 0.25) is 5.91 Å². The Hall–Kier alpha value is -3.34. The van der Waals surface area contributed by atoms with Crippen LogP contribution in [0.2, 0.25) is 5.02 Å². The minimum Gasteiger partial charge on any atom is -0.486 e. The molecule has 2 aromatic heterocycles. The molecule has 0 fully saturated rings. The minimum absolute atomic E-state index is 0.0856. The van der Waals surface area contributed by atoms with Crippen molar-refractivity contribution in [3.63, 3.8) is 0 Å². The van der Waals surface area contributed by atoms with Crippen molar-refractivity contribution in [2.75, 3.05) is 18.2 Å². The summed E-state index contributed by atoms with van der Waals surface area (Å²) in [4.78, 5) is 26.3. The number of nitrogens with zero attached hydrogens (tertiary/aromatic N) is 3. The Balaban J connectivity index is 1.42. The van der Waals surface area contributed by atoms with E-state index in [9.17, 15) is 9.59 Å². The second-order valence-electron chi connectivity index (χ2n) is 7.63. The lowest BCUT2D eigenvalue weighted by atomic mass is 10.0. The average molecular weight is 543 g/mol. The lowest BCUT2D eigenvalue weighted by molar-refractivity contribution is -0.113. The van der Waals surface area contributed by atoms with Crippen molar-refractivity contribution in [3.05, 3.63) is 75.9 Å². The third kappa shape index (κ3) is 5.89. The van der Waals surface area contributed by atoms with Crippen LogP contribution in [0.4, 0.5) is 5.00 Å². The van der Waals surface area contributed by atoms with Crippen LogP contribution in [0.1, 0.15) is 21.1 Å². The number of aryl methyl sites for hydroxylation is 1. The molecule has 4 aromatic rings. The topological polar surface area (TPSA) is 95.3 Å². The molecule has 0 bridgehead atoms. The van der Waals surface area contributed by atoms with E-state index in [4.69, 9.17) is 21.1 Å². The standard InChI is InChI=1S/C25H23ClN4O4S2/c1-15-21(16-7-5-4-6-8-16)22(24(32)33-3)23(36-15)27-20(31)14-35-25-29-28-19(30(25)2)13-34-18-11-9-17(26)10-12-18/h4-12H,13-14H2,1-3H3,(H,27,31). The van der Waals surface area contributed by atoms with Gasteiger partial charge in [0.25, 0.3) is 0 Å². The molecule has 2 heterocycles. The molecule has 2 aromatic carbocycles. The van der Waals surface area contributed by atoms with Crippen LogP contribution in [0, 0.1) is 6.92 Å². The molecule has 186 valence electrons. The zero-order chi connectivity index (χ0) is 25.7. The molecule has 0 aliphatic rings. The van der Waals surface area contributed by atoms with Gasteiger partial charge in [-0.1, -0.05) is 53.7 Å². The number of methoxy groups -OCH3 is 1. The van der Waals surface area contributed by atoms with E-state index in [1.807, 2.05) is 44.3 Å². The van der Waals surface area contributed by atoms with Crippen molar-refractivity contribution < 1.29 is 19.1 Å². The van der Waals surface area contributed by atoms with Gasteiger partial charge < -0.3 is 19.4 Å². The Kier molecular flexibility index (Phi) is 8.29. The van der Waals surface area contributed by atoms with E-state index < -0.39 is 5.97 Å². The van der Waals surface area contributed by atoms with Gasteiger partial charge in [0.1, 0.15) is 22.9 Å². The molecule has 1 N–H and O–H groups in total. The van der Waals surface area contributed by atoms with Crippen molar-refractivity contribution in [3.8, 4) is 16.9 Å². The van der Waals surface area contributed by atoms with Crippen LogP contribution in [0.5, 0.6) is 5.75 Å². The Labute approximate surface area is 221 Å². The van der Waals surface area contributed by atoms with E-state index in [-0.39, 0.29) is 18.3 Å². The summed E-state index contributed by atoms with van der Waals surface area (Å²) in [7, 11) is 3.14. The Morgan fingerprint density at radius 2 is 1.83 bits per heavy atom. The van der Waals surface area contributed by atoms with Crippen molar-refractivity contribution in [1.29, 1.82) is 0 Å². The van der Waals surface area contributed by atoms with Gasteiger partial charge in [-0.15, -0.1) is 21.5 Å². The van der Waals surface area contributed by atoms with Crippen LogP contribution < -0.4 is 10.1 Å². The molecule has 0 aliphatic heterocycles. The van der Waals surface area contributed by atoms with Gasteiger partial charge in [0.05, 0.1) is 12.9 Å². The Morgan fingerprint density at radius 1 is 1.11 bits per heavy atom. The number of anilines is 1. The molecular weight excluding hydrogens is 520 g/mol. The highest BCUT2D eigenvalue weighted by atomic mass is 35.5. The van der Waals surface area contributed by atoms with Crippen LogP contribution in [-0.2, 0) is 23.2 Å². The summed E-state index contributed by atoms with van der Waals surface area (Å²) in [6.07, 6.45) is 0. The number of amides is 1. The van der Waals surface area contributed by atoms with Crippen LogP contribution in [-0.4, -0.2) is 39.5 Å². The van der Waals surface area contributed by atoms with E-state index >= 15 is 0 Å². The fraction of sp³-hybridized carbons (Fsp3) is 0.200. The lowest BCUT2D eigenvalue weighted by Crippen LogP contribution is -2.16. The molecule has 0 saturated carbocycles. The first-order valence-corrected chi connectivity index (χ1v) is 13.0. The van der Waals surface area contributed by atoms with Gasteiger partial charge in [0.15, 0.2) is 11.0 Å². The molecule has 1 amide bonds. The second kappa shape index (κ2) is 11.6. The number of thioether (sulfide) groups is 1. The Morgan fingerprint density at radius 3 is 2.53 bits per heavy atom. The summed E-state index contributed by atoms with van der Waals surface area (Å²) >= 11 is 8.48. The summed E-state index contributed by atoms with van der Waals surface area (Å²) in [6, 6.07) is 16.6. The van der Waals surface area contributed by atoms with Crippen molar-refractivity contribution >= 4 is 51.6 Å². The van der Waals surface area contributed by atoms with Crippen LogP contribution in [0.15, 0.2) is 59.8 Å². The number of carbonyl (C=O) groups excluding carboxylic acids is 2. The summed E-state index contributed by atoms with van der Waals surface area (Å²) in [5.74, 6) is 0.593. The lowest BCUT2D eigenvalue weighted by Gasteiger charge is -2.08. The molecule has 0 unspecified atom stereocenters. The molecule has 4 rings (SSSR count). The SMILES string of the molecule is COC(=O)c1c(NC(=O)CSc2nnc(COc3ccc(Cl)cc3)n2C)sc(C)c1-c1ccccc1. The number of benzene rings is 2. The van der Waals surface area contributed by atoms with E-state index in [1.54, 1.807) is 28.8 Å². The highest BCUT2D eigenvalue weighted by Gasteiger charge is 2.25. The van der Waals surface area contributed by atoms with Gasteiger partial charge in [-0.3, -0.25) is 4.79 Å². The predicted octanol–water partition coefficient (Wildman–Crippen LogP) is 5.60. The zero-order valence-electron chi connectivity index (χ0n) is 19.8. The molecule has 0 aliphatic carbocycles. The third-order valence-electron chi connectivity index (χ3n) is 5.23. The number of aromatic nitrogens is 3. The van der Waals surface area contributed by atoms with Gasteiger partial charge in [-0.25, -0.2) is 4.79 Å². The normalized spacial score (nSPS) is 10.8. The number of hydrogen-bond donors (Lipinski definition) is 1. The largest absolute Gasteiger partial charge is 0.486 e. The van der Waals surface area contributed by atoms with Crippen LogP contribution in [0.3, 0.4) is 0 Å². The fourth-order valence-corrected chi connectivity index (χ4v) is 5.39. The fourth-order valence-electron chi connectivity index (χ4n) is 3.45. The second-order valence-corrected chi connectivity index (χ2v) is 10.2. The molecule has 8 nitrogen and oxygen atoms in total. The van der Waals surface area contributed by atoms with Gasteiger partial charge in [0, 0.05) is 22.5 Å². The monoisotopic (exact) mass is 542 g/mol. The first kappa shape index (κ1) is 25.7. The van der Waals surface area contributed by atoms with Gasteiger partial charge in [-0.05, 0) is 36.8 Å². The van der Waals surface area contributed by atoms with Crippen LogP contribution >= 0.6 is 34.7 Å². The quantitative estimate of drug-likeness (QED) is 0.217. The summed E-state index contributed by atoms with van der Waals surface area (Å²) in [5.41, 5.74) is 1.99. The zero-order valence-corrected chi connectivity index (χ0v) is 22.2. The minimum atomic E-state index is -0.500. The number of thiophene rings is 1. The Bertz CT molecular complexity index is 1370. The number of carbonyl (C=O) groups is 2. The summed E-state index contributed by atoms with van der Waals surface area (Å²) in [5, 5.41) is 12.8. The van der Waals surface area contributed by atoms with E-state index in [0.29, 0.717) is 32.3 Å². The number of nitrogens with one attached hydrogen (secondary N) is 1. The first-order chi connectivity index (χ1) is 17.4.